The summed E-state index contributed by atoms with van der Waals surface area (Å²) in [6.45, 7) is 1.98. The van der Waals surface area contributed by atoms with E-state index in [1.54, 1.807) is 7.11 Å². The van der Waals surface area contributed by atoms with Crippen molar-refractivity contribution in [3.63, 3.8) is 0 Å². The maximum atomic E-state index is 11.2. The molecule has 0 spiro atoms. The van der Waals surface area contributed by atoms with Crippen molar-refractivity contribution in [1.82, 2.24) is 0 Å². The van der Waals surface area contributed by atoms with Crippen LogP contribution in [0.4, 0.5) is 5.69 Å². The Kier molecular flexibility index (Phi) is 1.72. The molecule has 1 N–H and O–H groups in total. The Bertz CT molecular complexity index is 371. The zero-order valence-electron chi connectivity index (χ0n) is 7.68. The fraction of sp³-hybridized carbons (Fsp3) is 0.300. The maximum Gasteiger partial charge on any atom is 0.229 e. The van der Waals surface area contributed by atoms with Gasteiger partial charge in [-0.25, -0.2) is 0 Å². The lowest BCUT2D eigenvalue weighted by Crippen LogP contribution is -2.04. The van der Waals surface area contributed by atoms with Crippen LogP contribution < -0.4 is 10.1 Å². The van der Waals surface area contributed by atoms with Crippen molar-refractivity contribution in [3.05, 3.63) is 23.3 Å². The summed E-state index contributed by atoms with van der Waals surface area (Å²) < 4.78 is 5.17. The summed E-state index contributed by atoms with van der Waals surface area (Å²) in [6.07, 6.45) is 0.431. The highest BCUT2D eigenvalue weighted by Gasteiger charge is 2.22. The van der Waals surface area contributed by atoms with E-state index in [2.05, 4.69) is 5.32 Å². The Morgan fingerprint density at radius 2 is 2.23 bits per heavy atom. The average molecular weight is 177 g/mol. The Labute approximate surface area is 76.7 Å². The number of benzene rings is 1. The summed E-state index contributed by atoms with van der Waals surface area (Å²) in [5.74, 6) is 0.835. The summed E-state index contributed by atoms with van der Waals surface area (Å²) in [7, 11) is 1.62. The lowest BCUT2D eigenvalue weighted by atomic mass is 10.1. The summed E-state index contributed by atoms with van der Waals surface area (Å²) in [6, 6.07) is 3.84. The summed E-state index contributed by atoms with van der Waals surface area (Å²) in [5, 5.41) is 2.82. The molecule has 0 unspecified atom stereocenters. The van der Waals surface area contributed by atoms with E-state index in [0.29, 0.717) is 6.42 Å². The number of ether oxygens (including phenoxy) is 1. The second kappa shape index (κ2) is 2.76. The van der Waals surface area contributed by atoms with Gasteiger partial charge in [0.2, 0.25) is 5.91 Å². The molecular formula is C10H11NO2. The standard InChI is InChI=1S/C10H11NO2/c1-6-3-4-8(13-2)7-5-9(12)11-10(6)7/h3-4H,5H2,1-2H3,(H,11,12). The highest BCUT2D eigenvalue weighted by Crippen LogP contribution is 2.34. The van der Waals surface area contributed by atoms with Crippen LogP contribution in [0.25, 0.3) is 0 Å². The van der Waals surface area contributed by atoms with Gasteiger partial charge in [-0.05, 0) is 18.6 Å². The first-order valence-electron chi connectivity index (χ1n) is 4.18. The smallest absolute Gasteiger partial charge is 0.229 e. The number of methoxy groups -OCH3 is 1. The van der Waals surface area contributed by atoms with Crippen LogP contribution in [0.15, 0.2) is 12.1 Å². The van der Waals surface area contributed by atoms with Gasteiger partial charge in [0, 0.05) is 5.56 Å². The van der Waals surface area contributed by atoms with Crippen molar-refractivity contribution < 1.29 is 9.53 Å². The first kappa shape index (κ1) is 8.10. The average Bonchev–Trinajstić information content (AvgIpc) is 2.48. The van der Waals surface area contributed by atoms with Gasteiger partial charge < -0.3 is 10.1 Å². The van der Waals surface area contributed by atoms with Crippen molar-refractivity contribution in [2.45, 2.75) is 13.3 Å². The Balaban J connectivity index is 2.58. The van der Waals surface area contributed by atoms with Crippen LogP contribution in [-0.2, 0) is 11.2 Å². The fourth-order valence-corrected chi connectivity index (χ4v) is 1.63. The quantitative estimate of drug-likeness (QED) is 0.705. The molecule has 0 aromatic heterocycles. The van der Waals surface area contributed by atoms with Crippen LogP contribution in [0.5, 0.6) is 5.75 Å². The highest BCUT2D eigenvalue weighted by molar-refractivity contribution is 6.01. The predicted octanol–water partition coefficient (Wildman–Crippen LogP) is 1.50. The number of amides is 1. The third-order valence-electron chi connectivity index (χ3n) is 2.30. The molecule has 1 heterocycles. The fourth-order valence-electron chi connectivity index (χ4n) is 1.63. The lowest BCUT2D eigenvalue weighted by Gasteiger charge is -2.07. The molecule has 0 saturated heterocycles. The normalized spacial score (nSPS) is 13.8. The number of rotatable bonds is 1. The molecular weight excluding hydrogens is 166 g/mol. The largest absolute Gasteiger partial charge is 0.496 e. The van der Waals surface area contributed by atoms with Gasteiger partial charge >= 0.3 is 0 Å². The number of hydrogen-bond donors (Lipinski definition) is 1. The molecule has 1 amide bonds. The molecule has 0 saturated carbocycles. The number of hydrogen-bond acceptors (Lipinski definition) is 2. The van der Waals surface area contributed by atoms with Gasteiger partial charge in [0.05, 0.1) is 19.2 Å². The Morgan fingerprint density at radius 1 is 1.46 bits per heavy atom. The number of nitrogens with one attached hydrogen (secondary N) is 1. The molecule has 3 heteroatoms. The van der Waals surface area contributed by atoms with E-state index >= 15 is 0 Å². The molecule has 0 bridgehead atoms. The summed E-state index contributed by atoms with van der Waals surface area (Å²) in [5.41, 5.74) is 2.98. The second-order valence-corrected chi connectivity index (χ2v) is 3.16. The van der Waals surface area contributed by atoms with Gasteiger partial charge in [0.1, 0.15) is 5.75 Å². The third-order valence-corrected chi connectivity index (χ3v) is 2.30. The summed E-state index contributed by atoms with van der Waals surface area (Å²) >= 11 is 0. The highest BCUT2D eigenvalue weighted by atomic mass is 16.5. The van der Waals surface area contributed by atoms with Crippen LogP contribution in [0.2, 0.25) is 0 Å². The van der Waals surface area contributed by atoms with Crippen LogP contribution >= 0.6 is 0 Å². The molecule has 1 aromatic carbocycles. The summed E-state index contributed by atoms with van der Waals surface area (Å²) in [4.78, 5) is 11.2. The maximum absolute atomic E-state index is 11.2. The zero-order valence-corrected chi connectivity index (χ0v) is 7.68. The van der Waals surface area contributed by atoms with E-state index in [1.165, 1.54) is 0 Å². The Morgan fingerprint density at radius 3 is 2.92 bits per heavy atom. The van der Waals surface area contributed by atoms with Gasteiger partial charge in [-0.1, -0.05) is 6.07 Å². The van der Waals surface area contributed by atoms with Gasteiger partial charge in [-0.3, -0.25) is 4.79 Å². The number of anilines is 1. The van der Waals surface area contributed by atoms with Crippen LogP contribution in [0, 0.1) is 6.92 Å². The van der Waals surface area contributed by atoms with E-state index in [1.807, 2.05) is 19.1 Å². The number of carbonyl (C=O) groups is 1. The molecule has 0 fully saturated rings. The van der Waals surface area contributed by atoms with Gasteiger partial charge in [-0.15, -0.1) is 0 Å². The van der Waals surface area contributed by atoms with Crippen molar-refractivity contribution in [2.24, 2.45) is 0 Å². The van der Waals surface area contributed by atoms with E-state index in [4.69, 9.17) is 4.74 Å². The minimum Gasteiger partial charge on any atom is -0.496 e. The van der Waals surface area contributed by atoms with Crippen LogP contribution in [0.1, 0.15) is 11.1 Å². The molecule has 68 valence electrons. The van der Waals surface area contributed by atoms with Gasteiger partial charge in [0.25, 0.3) is 0 Å². The molecule has 0 radical (unpaired) electrons. The van der Waals surface area contributed by atoms with Crippen LogP contribution in [-0.4, -0.2) is 13.0 Å². The molecule has 1 aromatic rings. The van der Waals surface area contributed by atoms with Crippen molar-refractivity contribution in [3.8, 4) is 5.75 Å². The third kappa shape index (κ3) is 1.16. The molecule has 2 rings (SSSR count). The SMILES string of the molecule is COc1ccc(C)c2c1CC(=O)N2. The first-order valence-corrected chi connectivity index (χ1v) is 4.18. The minimum atomic E-state index is 0.0441. The van der Waals surface area contributed by atoms with Gasteiger partial charge in [-0.2, -0.15) is 0 Å². The van der Waals surface area contributed by atoms with E-state index in [0.717, 1.165) is 22.6 Å². The van der Waals surface area contributed by atoms with Crippen molar-refractivity contribution in [1.29, 1.82) is 0 Å². The monoisotopic (exact) mass is 177 g/mol. The molecule has 13 heavy (non-hydrogen) atoms. The number of carbonyl (C=O) groups excluding carboxylic acids is 1. The topological polar surface area (TPSA) is 38.3 Å². The first-order chi connectivity index (χ1) is 6.22. The van der Waals surface area contributed by atoms with Crippen molar-refractivity contribution >= 4 is 11.6 Å². The molecule has 1 aliphatic rings. The van der Waals surface area contributed by atoms with E-state index in [-0.39, 0.29) is 5.91 Å². The van der Waals surface area contributed by atoms with Gasteiger partial charge in [0.15, 0.2) is 0 Å². The predicted molar refractivity (Wildman–Crippen MR) is 50.1 cm³/mol. The van der Waals surface area contributed by atoms with Crippen molar-refractivity contribution in [2.75, 3.05) is 12.4 Å². The van der Waals surface area contributed by atoms with E-state index in [9.17, 15) is 4.79 Å². The minimum absolute atomic E-state index is 0.0441. The molecule has 1 aliphatic heterocycles. The molecule has 0 aliphatic carbocycles. The van der Waals surface area contributed by atoms with E-state index < -0.39 is 0 Å². The molecule has 0 atom stereocenters. The van der Waals surface area contributed by atoms with Crippen LogP contribution in [0.3, 0.4) is 0 Å². The number of fused-ring (bicyclic) bond motifs is 1. The second-order valence-electron chi connectivity index (χ2n) is 3.16. The lowest BCUT2D eigenvalue weighted by molar-refractivity contribution is -0.115. The number of aryl methyl sites for hydroxylation is 1. The Hall–Kier alpha value is -1.51. The zero-order chi connectivity index (χ0) is 9.42. The molecule has 3 nitrogen and oxygen atoms in total.